The van der Waals surface area contributed by atoms with Crippen LogP contribution in [0.4, 0.5) is 5.69 Å². The van der Waals surface area contributed by atoms with E-state index < -0.39 is 0 Å². The second-order valence-corrected chi connectivity index (χ2v) is 7.94. The van der Waals surface area contributed by atoms with E-state index in [9.17, 15) is 4.79 Å². The first kappa shape index (κ1) is 20.1. The molecule has 0 spiro atoms. The standard InChI is InChI=1S/C22H18ClN5OS/c1-15-2-6-18(7-3-15)25-20(29)14-30-22-27-26-21(16-10-12-24-13-11-16)28(22)19-8-4-17(23)5-9-19/h2-13H,14H2,1H3,(H,25,29). The summed E-state index contributed by atoms with van der Waals surface area (Å²) < 4.78 is 1.91. The Morgan fingerprint density at radius 1 is 1.00 bits per heavy atom. The van der Waals surface area contributed by atoms with Gasteiger partial charge >= 0.3 is 0 Å². The first-order chi connectivity index (χ1) is 14.6. The van der Waals surface area contributed by atoms with Crippen LogP contribution in [0.5, 0.6) is 0 Å². The summed E-state index contributed by atoms with van der Waals surface area (Å²) in [6.45, 7) is 2.01. The Hall–Kier alpha value is -3.16. The van der Waals surface area contributed by atoms with Crippen molar-refractivity contribution in [2.75, 3.05) is 11.1 Å². The second-order valence-electron chi connectivity index (χ2n) is 6.56. The molecule has 2 aromatic carbocycles. The van der Waals surface area contributed by atoms with Crippen molar-refractivity contribution in [1.29, 1.82) is 0 Å². The SMILES string of the molecule is Cc1ccc(NC(=O)CSc2nnc(-c3ccncc3)n2-c2ccc(Cl)cc2)cc1. The number of benzene rings is 2. The van der Waals surface area contributed by atoms with Crippen molar-refractivity contribution >= 4 is 35.0 Å². The molecule has 4 aromatic rings. The number of rotatable bonds is 6. The highest BCUT2D eigenvalue weighted by Gasteiger charge is 2.17. The van der Waals surface area contributed by atoms with Crippen LogP contribution in [-0.2, 0) is 4.79 Å². The highest BCUT2D eigenvalue weighted by Crippen LogP contribution is 2.28. The van der Waals surface area contributed by atoms with Gasteiger partial charge < -0.3 is 5.32 Å². The van der Waals surface area contributed by atoms with E-state index in [1.807, 2.05) is 72.2 Å². The number of carbonyl (C=O) groups is 1. The molecule has 0 unspecified atom stereocenters. The second kappa shape index (κ2) is 9.11. The van der Waals surface area contributed by atoms with E-state index in [0.717, 1.165) is 22.5 Å². The summed E-state index contributed by atoms with van der Waals surface area (Å²) in [5.74, 6) is 0.761. The molecule has 2 aromatic heterocycles. The Morgan fingerprint density at radius 3 is 2.40 bits per heavy atom. The van der Waals surface area contributed by atoms with E-state index in [0.29, 0.717) is 16.0 Å². The number of anilines is 1. The number of nitrogens with zero attached hydrogens (tertiary/aromatic N) is 4. The number of thioether (sulfide) groups is 1. The molecule has 6 nitrogen and oxygen atoms in total. The molecule has 0 aliphatic carbocycles. The summed E-state index contributed by atoms with van der Waals surface area (Å²) in [4.78, 5) is 16.5. The lowest BCUT2D eigenvalue weighted by atomic mass is 10.2. The fourth-order valence-electron chi connectivity index (χ4n) is 2.84. The van der Waals surface area contributed by atoms with Crippen LogP contribution in [0.1, 0.15) is 5.56 Å². The molecule has 0 saturated carbocycles. The maximum absolute atomic E-state index is 12.4. The van der Waals surface area contributed by atoms with Gasteiger partial charge in [-0.1, -0.05) is 41.1 Å². The largest absolute Gasteiger partial charge is 0.325 e. The van der Waals surface area contributed by atoms with Gasteiger partial charge in [-0.25, -0.2) is 0 Å². The number of carbonyl (C=O) groups excluding carboxylic acids is 1. The molecule has 0 aliphatic rings. The number of pyridine rings is 1. The van der Waals surface area contributed by atoms with Crippen molar-refractivity contribution in [3.8, 4) is 17.1 Å². The zero-order valence-electron chi connectivity index (χ0n) is 16.1. The molecule has 0 fully saturated rings. The van der Waals surface area contributed by atoms with Gasteiger partial charge in [-0.15, -0.1) is 10.2 Å². The number of aromatic nitrogens is 4. The average Bonchev–Trinajstić information content (AvgIpc) is 3.19. The molecule has 0 saturated heterocycles. The number of halogens is 1. The van der Waals surface area contributed by atoms with E-state index in [1.54, 1.807) is 12.4 Å². The Kier molecular flexibility index (Phi) is 6.11. The van der Waals surface area contributed by atoms with Crippen molar-refractivity contribution < 1.29 is 4.79 Å². The van der Waals surface area contributed by atoms with Crippen LogP contribution < -0.4 is 5.32 Å². The molecule has 0 radical (unpaired) electrons. The van der Waals surface area contributed by atoms with Gasteiger partial charge in [-0.2, -0.15) is 0 Å². The monoisotopic (exact) mass is 435 g/mol. The number of aryl methyl sites for hydroxylation is 1. The Morgan fingerprint density at radius 2 is 1.70 bits per heavy atom. The van der Waals surface area contributed by atoms with Crippen molar-refractivity contribution in [3.63, 3.8) is 0 Å². The van der Waals surface area contributed by atoms with Gasteiger partial charge in [-0.05, 0) is 55.5 Å². The Balaban J connectivity index is 1.58. The van der Waals surface area contributed by atoms with Gasteiger partial charge in [0.25, 0.3) is 0 Å². The van der Waals surface area contributed by atoms with E-state index in [-0.39, 0.29) is 11.7 Å². The van der Waals surface area contributed by atoms with Crippen LogP contribution in [-0.4, -0.2) is 31.4 Å². The summed E-state index contributed by atoms with van der Waals surface area (Å²) >= 11 is 7.37. The summed E-state index contributed by atoms with van der Waals surface area (Å²) in [6.07, 6.45) is 3.41. The Bertz CT molecular complexity index is 1140. The van der Waals surface area contributed by atoms with Crippen LogP contribution >= 0.6 is 23.4 Å². The van der Waals surface area contributed by atoms with Crippen LogP contribution in [0, 0.1) is 6.92 Å². The maximum Gasteiger partial charge on any atom is 0.234 e. The maximum atomic E-state index is 12.4. The first-order valence-corrected chi connectivity index (χ1v) is 10.6. The molecule has 8 heteroatoms. The minimum absolute atomic E-state index is 0.111. The Labute approximate surface area is 183 Å². The van der Waals surface area contributed by atoms with Gasteiger partial charge in [0.05, 0.1) is 5.75 Å². The molecular weight excluding hydrogens is 418 g/mol. The smallest absolute Gasteiger partial charge is 0.234 e. The van der Waals surface area contributed by atoms with Crippen molar-refractivity contribution in [1.82, 2.24) is 19.7 Å². The van der Waals surface area contributed by atoms with Gasteiger partial charge in [0.15, 0.2) is 11.0 Å². The lowest BCUT2D eigenvalue weighted by Gasteiger charge is -2.10. The number of nitrogens with one attached hydrogen (secondary N) is 1. The third-order valence-corrected chi connectivity index (χ3v) is 5.51. The molecule has 150 valence electrons. The van der Waals surface area contributed by atoms with E-state index in [1.165, 1.54) is 11.8 Å². The fraction of sp³-hybridized carbons (Fsp3) is 0.0909. The van der Waals surface area contributed by atoms with Crippen molar-refractivity contribution in [3.05, 3.63) is 83.6 Å². The predicted octanol–water partition coefficient (Wildman–Crippen LogP) is 5.02. The molecule has 30 heavy (non-hydrogen) atoms. The van der Waals surface area contributed by atoms with Crippen molar-refractivity contribution in [2.45, 2.75) is 12.1 Å². The molecular formula is C22H18ClN5OS. The summed E-state index contributed by atoms with van der Waals surface area (Å²) in [5.41, 5.74) is 3.64. The zero-order valence-corrected chi connectivity index (χ0v) is 17.7. The van der Waals surface area contributed by atoms with Gasteiger partial charge in [0.2, 0.25) is 5.91 Å². The highest BCUT2D eigenvalue weighted by molar-refractivity contribution is 7.99. The first-order valence-electron chi connectivity index (χ1n) is 9.21. The average molecular weight is 436 g/mol. The number of hydrogen-bond donors (Lipinski definition) is 1. The summed E-state index contributed by atoms with van der Waals surface area (Å²) in [7, 11) is 0. The van der Waals surface area contributed by atoms with E-state index in [4.69, 9.17) is 11.6 Å². The topological polar surface area (TPSA) is 72.7 Å². The van der Waals surface area contributed by atoms with Crippen LogP contribution in [0.2, 0.25) is 5.02 Å². The normalized spacial score (nSPS) is 10.7. The number of hydrogen-bond acceptors (Lipinski definition) is 5. The predicted molar refractivity (Wildman–Crippen MR) is 120 cm³/mol. The van der Waals surface area contributed by atoms with Gasteiger partial charge in [0.1, 0.15) is 0 Å². The molecule has 0 aliphatic heterocycles. The molecule has 4 rings (SSSR count). The highest BCUT2D eigenvalue weighted by atomic mass is 35.5. The summed E-state index contributed by atoms with van der Waals surface area (Å²) in [5, 5.41) is 12.8. The van der Waals surface area contributed by atoms with Crippen LogP contribution in [0.3, 0.4) is 0 Å². The molecule has 1 N–H and O–H groups in total. The molecule has 0 atom stereocenters. The minimum atomic E-state index is -0.111. The van der Waals surface area contributed by atoms with Gasteiger partial charge in [-0.3, -0.25) is 14.3 Å². The summed E-state index contributed by atoms with van der Waals surface area (Å²) in [6, 6.07) is 18.8. The number of amides is 1. The lowest BCUT2D eigenvalue weighted by molar-refractivity contribution is -0.113. The van der Waals surface area contributed by atoms with E-state index >= 15 is 0 Å². The third kappa shape index (κ3) is 4.69. The minimum Gasteiger partial charge on any atom is -0.325 e. The van der Waals surface area contributed by atoms with Crippen LogP contribution in [0.15, 0.2) is 78.2 Å². The third-order valence-electron chi connectivity index (χ3n) is 4.32. The fourth-order valence-corrected chi connectivity index (χ4v) is 3.72. The zero-order chi connectivity index (χ0) is 20.9. The molecule has 2 heterocycles. The van der Waals surface area contributed by atoms with Crippen LogP contribution in [0.25, 0.3) is 17.1 Å². The quantitative estimate of drug-likeness (QED) is 0.430. The molecule has 0 bridgehead atoms. The lowest BCUT2D eigenvalue weighted by Crippen LogP contribution is -2.14. The van der Waals surface area contributed by atoms with Crippen molar-refractivity contribution in [2.24, 2.45) is 0 Å². The van der Waals surface area contributed by atoms with Gasteiger partial charge in [0, 0.05) is 34.4 Å². The molecule has 1 amide bonds. The van der Waals surface area contributed by atoms with E-state index in [2.05, 4.69) is 20.5 Å².